The Kier molecular flexibility index (Phi) is 7.40. The van der Waals surface area contributed by atoms with E-state index < -0.39 is 0 Å². The minimum atomic E-state index is 0. The van der Waals surface area contributed by atoms with Gasteiger partial charge < -0.3 is 10.2 Å². The predicted octanol–water partition coefficient (Wildman–Crippen LogP) is 1.23. The van der Waals surface area contributed by atoms with Crippen LogP contribution < -0.4 is 5.32 Å². The molecule has 0 aliphatic carbocycles. The third kappa shape index (κ3) is 4.35. The highest BCUT2D eigenvalue weighted by molar-refractivity contribution is 5.94. The number of pyridine rings is 1. The quantitative estimate of drug-likeness (QED) is 0.841. The molecule has 0 aromatic carbocycles. The van der Waals surface area contributed by atoms with Gasteiger partial charge >= 0.3 is 0 Å². The molecular weight excluding hydrogens is 375 g/mol. The summed E-state index contributed by atoms with van der Waals surface area (Å²) in [5.41, 5.74) is 1.50. The molecule has 2 aromatic heterocycles. The lowest BCUT2D eigenvalue weighted by molar-refractivity contribution is 0.0773. The molecule has 2 fully saturated rings. The number of hydrogen-bond acceptors (Lipinski definition) is 5. The molecule has 26 heavy (non-hydrogen) atoms. The first-order valence-corrected chi connectivity index (χ1v) is 8.50. The lowest BCUT2D eigenvalue weighted by atomic mass is 10.2. The number of carbonyl (C=O) groups excluding carboxylic acids is 1. The zero-order valence-electron chi connectivity index (χ0n) is 14.5. The molecule has 1 unspecified atom stereocenters. The summed E-state index contributed by atoms with van der Waals surface area (Å²) in [5.74, 6) is 0.0720. The summed E-state index contributed by atoms with van der Waals surface area (Å²) in [6.07, 6.45) is 7.95. The van der Waals surface area contributed by atoms with E-state index in [0.29, 0.717) is 11.6 Å². The van der Waals surface area contributed by atoms with Crippen LogP contribution in [0.3, 0.4) is 0 Å². The van der Waals surface area contributed by atoms with Gasteiger partial charge in [-0.3, -0.25) is 14.7 Å². The minimum absolute atomic E-state index is 0. The fourth-order valence-corrected chi connectivity index (χ4v) is 3.52. The number of carbonyl (C=O) groups is 1. The van der Waals surface area contributed by atoms with Crippen molar-refractivity contribution < 1.29 is 4.79 Å². The molecule has 1 amide bonds. The number of hydrogen-bond donors (Lipinski definition) is 1. The third-order valence-corrected chi connectivity index (χ3v) is 4.86. The van der Waals surface area contributed by atoms with E-state index in [1.807, 2.05) is 17.0 Å². The van der Waals surface area contributed by atoms with Gasteiger partial charge in [0.2, 0.25) is 0 Å². The standard InChI is InChI=1S/C17H22N6O.2ClH/c24-17(14-10-20-23(12-14)15-2-1-4-19-11-15)22-7-3-16(13-22)21-8-5-18-6-9-21;;/h1-2,4,10-12,16,18H,3,5-9,13H2;2*1H. The predicted molar refractivity (Wildman–Crippen MR) is 105 cm³/mol. The molecule has 0 bridgehead atoms. The molecule has 2 aliphatic rings. The summed E-state index contributed by atoms with van der Waals surface area (Å²) in [6, 6.07) is 4.27. The Morgan fingerprint density at radius 3 is 2.69 bits per heavy atom. The second-order valence-electron chi connectivity index (χ2n) is 6.36. The second kappa shape index (κ2) is 9.32. The van der Waals surface area contributed by atoms with Crippen molar-refractivity contribution in [3.63, 3.8) is 0 Å². The first kappa shape index (κ1) is 20.6. The largest absolute Gasteiger partial charge is 0.337 e. The summed E-state index contributed by atoms with van der Waals surface area (Å²) < 4.78 is 1.70. The van der Waals surface area contributed by atoms with Crippen molar-refractivity contribution in [3.8, 4) is 5.69 Å². The van der Waals surface area contributed by atoms with Gasteiger partial charge in [-0.2, -0.15) is 5.10 Å². The minimum Gasteiger partial charge on any atom is -0.337 e. The van der Waals surface area contributed by atoms with Crippen LogP contribution in [0.5, 0.6) is 0 Å². The number of rotatable bonds is 3. The molecule has 2 saturated heterocycles. The van der Waals surface area contributed by atoms with Crippen molar-refractivity contribution in [3.05, 3.63) is 42.5 Å². The van der Waals surface area contributed by atoms with Crippen molar-refractivity contribution in [2.45, 2.75) is 12.5 Å². The average Bonchev–Trinajstić information content (AvgIpc) is 3.33. The monoisotopic (exact) mass is 398 g/mol. The van der Waals surface area contributed by atoms with E-state index in [0.717, 1.165) is 51.4 Å². The van der Waals surface area contributed by atoms with Crippen molar-refractivity contribution >= 4 is 30.7 Å². The van der Waals surface area contributed by atoms with Crippen LogP contribution in [-0.2, 0) is 0 Å². The summed E-state index contributed by atoms with van der Waals surface area (Å²) in [5, 5.41) is 7.68. The molecule has 7 nitrogen and oxygen atoms in total. The van der Waals surface area contributed by atoms with Crippen LogP contribution in [0.25, 0.3) is 5.69 Å². The Bertz CT molecular complexity index is 704. The van der Waals surface area contributed by atoms with Gasteiger partial charge in [-0.05, 0) is 18.6 Å². The Hall–Kier alpha value is -1.67. The van der Waals surface area contributed by atoms with E-state index in [2.05, 4.69) is 20.3 Å². The van der Waals surface area contributed by atoms with E-state index in [1.54, 1.807) is 29.5 Å². The fourth-order valence-electron chi connectivity index (χ4n) is 3.52. The van der Waals surface area contributed by atoms with Gasteiger partial charge in [0.05, 0.1) is 23.6 Å². The molecule has 1 atom stereocenters. The lowest BCUT2D eigenvalue weighted by Crippen LogP contribution is -2.49. The molecule has 2 aromatic rings. The van der Waals surface area contributed by atoms with Crippen LogP contribution in [0.2, 0.25) is 0 Å². The summed E-state index contributed by atoms with van der Waals surface area (Å²) in [7, 11) is 0. The highest BCUT2D eigenvalue weighted by atomic mass is 35.5. The maximum atomic E-state index is 12.7. The van der Waals surface area contributed by atoms with Gasteiger partial charge in [0.25, 0.3) is 5.91 Å². The maximum absolute atomic E-state index is 12.7. The van der Waals surface area contributed by atoms with Crippen LogP contribution in [0.15, 0.2) is 36.9 Å². The number of amides is 1. The maximum Gasteiger partial charge on any atom is 0.257 e. The lowest BCUT2D eigenvalue weighted by Gasteiger charge is -2.32. The zero-order chi connectivity index (χ0) is 16.4. The second-order valence-corrected chi connectivity index (χ2v) is 6.36. The van der Waals surface area contributed by atoms with Gasteiger partial charge in [0.15, 0.2) is 0 Å². The SMILES string of the molecule is Cl.Cl.O=C(c1cnn(-c2cccnc2)c1)N1CCC(N2CCNCC2)C1. The van der Waals surface area contributed by atoms with Gasteiger partial charge in [-0.15, -0.1) is 24.8 Å². The van der Waals surface area contributed by atoms with E-state index in [-0.39, 0.29) is 30.7 Å². The molecule has 0 saturated carbocycles. The molecule has 4 rings (SSSR count). The Labute approximate surface area is 165 Å². The first-order chi connectivity index (χ1) is 11.8. The van der Waals surface area contributed by atoms with Crippen LogP contribution in [0.4, 0.5) is 0 Å². The van der Waals surface area contributed by atoms with Crippen molar-refractivity contribution in [2.24, 2.45) is 0 Å². The van der Waals surface area contributed by atoms with Gasteiger partial charge in [0, 0.05) is 57.7 Å². The molecular formula is C17H24Cl2N6O. The molecule has 0 spiro atoms. The summed E-state index contributed by atoms with van der Waals surface area (Å²) >= 11 is 0. The Morgan fingerprint density at radius 1 is 1.15 bits per heavy atom. The van der Waals surface area contributed by atoms with E-state index in [4.69, 9.17) is 0 Å². The highest BCUT2D eigenvalue weighted by Crippen LogP contribution is 2.19. The molecule has 1 N–H and O–H groups in total. The number of aromatic nitrogens is 3. The summed E-state index contributed by atoms with van der Waals surface area (Å²) in [4.78, 5) is 21.3. The van der Waals surface area contributed by atoms with E-state index in [1.165, 1.54) is 0 Å². The van der Waals surface area contributed by atoms with Crippen LogP contribution >= 0.6 is 24.8 Å². The number of piperazine rings is 1. The Balaban J connectivity index is 0.00000121. The summed E-state index contributed by atoms with van der Waals surface area (Å²) in [6.45, 7) is 5.88. The molecule has 142 valence electrons. The van der Waals surface area contributed by atoms with Crippen LogP contribution in [0, 0.1) is 0 Å². The highest BCUT2D eigenvalue weighted by Gasteiger charge is 2.31. The van der Waals surface area contributed by atoms with E-state index in [9.17, 15) is 4.79 Å². The molecule has 4 heterocycles. The molecule has 2 aliphatic heterocycles. The number of halogens is 2. The van der Waals surface area contributed by atoms with Gasteiger partial charge in [-0.1, -0.05) is 0 Å². The third-order valence-electron chi connectivity index (χ3n) is 4.86. The zero-order valence-corrected chi connectivity index (χ0v) is 16.1. The van der Waals surface area contributed by atoms with Gasteiger partial charge in [-0.25, -0.2) is 4.68 Å². The Morgan fingerprint density at radius 2 is 1.96 bits per heavy atom. The topological polar surface area (TPSA) is 66.3 Å². The number of nitrogens with one attached hydrogen (secondary N) is 1. The van der Waals surface area contributed by atoms with Crippen molar-refractivity contribution in [1.82, 2.24) is 29.9 Å². The van der Waals surface area contributed by atoms with Crippen molar-refractivity contribution in [2.75, 3.05) is 39.3 Å². The van der Waals surface area contributed by atoms with Gasteiger partial charge in [0.1, 0.15) is 0 Å². The van der Waals surface area contributed by atoms with E-state index >= 15 is 0 Å². The van der Waals surface area contributed by atoms with Crippen LogP contribution in [0.1, 0.15) is 16.8 Å². The van der Waals surface area contributed by atoms with Crippen LogP contribution in [-0.4, -0.2) is 75.8 Å². The number of likely N-dealkylation sites (tertiary alicyclic amines) is 1. The average molecular weight is 399 g/mol. The fraction of sp³-hybridized carbons (Fsp3) is 0.471. The van der Waals surface area contributed by atoms with Crippen molar-refractivity contribution in [1.29, 1.82) is 0 Å². The molecule has 0 radical (unpaired) electrons. The molecule has 9 heteroatoms. The normalized spacial score (nSPS) is 20.3. The number of nitrogens with zero attached hydrogens (tertiary/aromatic N) is 5. The first-order valence-electron chi connectivity index (χ1n) is 8.50. The smallest absolute Gasteiger partial charge is 0.257 e.